The van der Waals surface area contributed by atoms with Crippen LogP contribution in [-0.2, 0) is 9.59 Å². The maximum atomic E-state index is 11.9. The van der Waals surface area contributed by atoms with Gasteiger partial charge in [0.15, 0.2) is 0 Å². The van der Waals surface area contributed by atoms with Crippen molar-refractivity contribution < 1.29 is 14.7 Å². The minimum Gasteiger partial charge on any atom is -0.481 e. The highest BCUT2D eigenvalue weighted by Crippen LogP contribution is 2.29. The summed E-state index contributed by atoms with van der Waals surface area (Å²) in [6.45, 7) is 2.78. The van der Waals surface area contributed by atoms with Gasteiger partial charge in [-0.15, -0.1) is 0 Å². The van der Waals surface area contributed by atoms with E-state index in [-0.39, 0.29) is 5.91 Å². The Labute approximate surface area is 110 Å². The van der Waals surface area contributed by atoms with Crippen molar-refractivity contribution in [2.24, 2.45) is 5.92 Å². The third-order valence-corrected chi connectivity index (χ3v) is 4.26. The Kier molecular flexibility index (Phi) is 4.01. The molecule has 1 N–H and O–H groups in total. The Balaban J connectivity index is 1.90. The van der Waals surface area contributed by atoms with Crippen LogP contribution in [0.4, 0.5) is 0 Å². The van der Waals surface area contributed by atoms with Crippen molar-refractivity contribution >= 4 is 23.2 Å². The second-order valence-electron chi connectivity index (χ2n) is 4.72. The number of hydrogen-bond acceptors (Lipinski definition) is 3. The maximum absolute atomic E-state index is 11.9. The smallest absolute Gasteiger partial charge is 0.315 e. The van der Waals surface area contributed by atoms with Crippen molar-refractivity contribution in [1.82, 2.24) is 4.90 Å². The van der Waals surface area contributed by atoms with Crippen LogP contribution in [0.25, 0.3) is 0 Å². The molecule has 0 radical (unpaired) electrons. The summed E-state index contributed by atoms with van der Waals surface area (Å²) in [5.41, 5.74) is 1.35. The molecule has 1 aliphatic heterocycles. The third-order valence-electron chi connectivity index (χ3n) is 3.56. The lowest BCUT2D eigenvalue weighted by molar-refractivity contribution is -0.150. The summed E-state index contributed by atoms with van der Waals surface area (Å²) in [6.07, 6.45) is 1.85. The predicted octanol–water partition coefficient (Wildman–Crippen LogP) is 2.17. The van der Waals surface area contributed by atoms with E-state index in [2.05, 4.69) is 16.8 Å². The number of amides is 1. The van der Waals surface area contributed by atoms with Crippen molar-refractivity contribution in [3.8, 4) is 0 Å². The van der Waals surface area contributed by atoms with Gasteiger partial charge < -0.3 is 10.0 Å². The highest BCUT2D eigenvalue weighted by Gasteiger charge is 2.29. The van der Waals surface area contributed by atoms with E-state index in [1.54, 1.807) is 16.2 Å². The van der Waals surface area contributed by atoms with E-state index in [1.807, 2.05) is 0 Å². The normalized spacial score (nSPS) is 18.6. The topological polar surface area (TPSA) is 57.6 Å². The number of carboxylic acids is 1. The van der Waals surface area contributed by atoms with Crippen molar-refractivity contribution in [3.05, 3.63) is 22.4 Å². The van der Waals surface area contributed by atoms with Gasteiger partial charge in [-0.05, 0) is 48.1 Å². The summed E-state index contributed by atoms with van der Waals surface area (Å²) in [6, 6.07) is 2.13. The zero-order valence-electron chi connectivity index (χ0n) is 10.3. The molecule has 0 saturated carbocycles. The summed E-state index contributed by atoms with van der Waals surface area (Å²) in [4.78, 5) is 24.4. The van der Waals surface area contributed by atoms with Gasteiger partial charge in [-0.2, -0.15) is 11.3 Å². The number of aliphatic carboxylic acids is 1. The van der Waals surface area contributed by atoms with Crippen LogP contribution in [-0.4, -0.2) is 35.0 Å². The van der Waals surface area contributed by atoms with Gasteiger partial charge in [0.25, 0.3) is 0 Å². The van der Waals surface area contributed by atoms with Crippen molar-refractivity contribution in [3.63, 3.8) is 0 Å². The summed E-state index contributed by atoms with van der Waals surface area (Å²) < 4.78 is 0. The van der Waals surface area contributed by atoms with Crippen molar-refractivity contribution in [1.29, 1.82) is 0 Å². The average molecular weight is 267 g/mol. The van der Waals surface area contributed by atoms with Crippen LogP contribution in [0.3, 0.4) is 0 Å². The highest BCUT2D eigenvalue weighted by molar-refractivity contribution is 7.07. The first-order valence-electron chi connectivity index (χ1n) is 6.13. The summed E-state index contributed by atoms with van der Waals surface area (Å²) in [5, 5.41) is 13.1. The van der Waals surface area contributed by atoms with E-state index in [9.17, 15) is 9.59 Å². The third kappa shape index (κ3) is 2.72. The van der Waals surface area contributed by atoms with Crippen LogP contribution < -0.4 is 0 Å². The standard InChI is InChI=1S/C13H17NO3S/c1-9(13(16)17)12(15)14-5-2-10(3-6-14)11-4-7-18-8-11/h4,7-10H,2-3,5-6H2,1H3,(H,16,17). The molecule has 0 bridgehead atoms. The van der Waals surface area contributed by atoms with E-state index in [4.69, 9.17) is 5.11 Å². The Bertz CT molecular complexity index is 421. The zero-order valence-corrected chi connectivity index (χ0v) is 11.2. The number of carboxylic acid groups (broad SMARTS) is 1. The Morgan fingerprint density at radius 1 is 1.44 bits per heavy atom. The molecule has 18 heavy (non-hydrogen) atoms. The fourth-order valence-corrected chi connectivity index (χ4v) is 3.06. The average Bonchev–Trinajstić information content (AvgIpc) is 2.91. The quantitative estimate of drug-likeness (QED) is 0.854. The Morgan fingerprint density at radius 2 is 2.11 bits per heavy atom. The molecule has 2 heterocycles. The Morgan fingerprint density at radius 3 is 2.61 bits per heavy atom. The van der Waals surface area contributed by atoms with Gasteiger partial charge >= 0.3 is 5.97 Å². The number of carbonyl (C=O) groups excluding carboxylic acids is 1. The molecule has 1 atom stereocenters. The molecule has 5 heteroatoms. The molecule has 1 unspecified atom stereocenters. The largest absolute Gasteiger partial charge is 0.481 e. The van der Waals surface area contributed by atoms with Crippen molar-refractivity contribution in [2.75, 3.05) is 13.1 Å². The van der Waals surface area contributed by atoms with Gasteiger partial charge in [-0.3, -0.25) is 9.59 Å². The minimum atomic E-state index is -1.04. The fraction of sp³-hybridized carbons (Fsp3) is 0.538. The van der Waals surface area contributed by atoms with Gasteiger partial charge in [-0.25, -0.2) is 0 Å². The highest BCUT2D eigenvalue weighted by atomic mass is 32.1. The number of hydrogen-bond donors (Lipinski definition) is 1. The van der Waals surface area contributed by atoms with Gasteiger partial charge in [0, 0.05) is 13.1 Å². The molecule has 1 aliphatic rings. The summed E-state index contributed by atoms with van der Waals surface area (Å²) in [7, 11) is 0. The number of nitrogens with zero attached hydrogens (tertiary/aromatic N) is 1. The lowest BCUT2D eigenvalue weighted by Crippen LogP contribution is -2.42. The monoisotopic (exact) mass is 267 g/mol. The first-order chi connectivity index (χ1) is 8.59. The number of carbonyl (C=O) groups is 2. The van der Waals surface area contributed by atoms with Crippen LogP contribution in [0.5, 0.6) is 0 Å². The molecule has 2 rings (SSSR count). The number of thiophene rings is 1. The molecule has 1 amide bonds. The first kappa shape index (κ1) is 13.1. The molecule has 4 nitrogen and oxygen atoms in total. The molecule has 0 spiro atoms. The van der Waals surface area contributed by atoms with Crippen molar-refractivity contribution in [2.45, 2.75) is 25.7 Å². The van der Waals surface area contributed by atoms with E-state index in [1.165, 1.54) is 12.5 Å². The second kappa shape index (κ2) is 5.52. The molecular weight excluding hydrogens is 250 g/mol. The van der Waals surface area contributed by atoms with Crippen LogP contribution in [0.15, 0.2) is 16.8 Å². The van der Waals surface area contributed by atoms with E-state index >= 15 is 0 Å². The van der Waals surface area contributed by atoms with Crippen LogP contribution >= 0.6 is 11.3 Å². The molecule has 0 aromatic carbocycles. The molecular formula is C13H17NO3S. The Hall–Kier alpha value is -1.36. The number of rotatable bonds is 3. The minimum absolute atomic E-state index is 0.258. The summed E-state index contributed by atoms with van der Waals surface area (Å²) >= 11 is 1.69. The van der Waals surface area contributed by atoms with Gasteiger partial charge in [-0.1, -0.05) is 0 Å². The molecule has 1 fully saturated rings. The predicted molar refractivity (Wildman–Crippen MR) is 69.7 cm³/mol. The lowest BCUT2D eigenvalue weighted by Gasteiger charge is -2.32. The van der Waals surface area contributed by atoms with E-state index < -0.39 is 11.9 Å². The van der Waals surface area contributed by atoms with Crippen LogP contribution in [0, 0.1) is 5.92 Å². The summed E-state index contributed by atoms with van der Waals surface area (Å²) in [5.74, 6) is -1.71. The second-order valence-corrected chi connectivity index (χ2v) is 5.50. The lowest BCUT2D eigenvalue weighted by atomic mass is 9.91. The molecule has 1 saturated heterocycles. The molecule has 1 aromatic rings. The molecule has 0 aliphatic carbocycles. The fourth-order valence-electron chi connectivity index (χ4n) is 2.32. The number of piperidine rings is 1. The molecule has 1 aromatic heterocycles. The van der Waals surface area contributed by atoms with E-state index in [0.29, 0.717) is 19.0 Å². The van der Waals surface area contributed by atoms with Gasteiger partial charge in [0.2, 0.25) is 5.91 Å². The van der Waals surface area contributed by atoms with Crippen LogP contribution in [0.2, 0.25) is 0 Å². The number of likely N-dealkylation sites (tertiary alicyclic amines) is 1. The SMILES string of the molecule is CC(C(=O)O)C(=O)N1CCC(c2ccsc2)CC1. The first-order valence-corrected chi connectivity index (χ1v) is 7.07. The molecule has 98 valence electrons. The van der Waals surface area contributed by atoms with Gasteiger partial charge in [0.05, 0.1) is 0 Å². The van der Waals surface area contributed by atoms with Gasteiger partial charge in [0.1, 0.15) is 5.92 Å². The van der Waals surface area contributed by atoms with Crippen LogP contribution in [0.1, 0.15) is 31.2 Å². The van der Waals surface area contributed by atoms with E-state index in [0.717, 1.165) is 12.8 Å². The maximum Gasteiger partial charge on any atom is 0.315 e. The zero-order chi connectivity index (χ0) is 13.1.